The van der Waals surface area contributed by atoms with Crippen LogP contribution in [0.5, 0.6) is 0 Å². The van der Waals surface area contributed by atoms with Crippen molar-refractivity contribution in [2.75, 3.05) is 24.6 Å². The summed E-state index contributed by atoms with van der Waals surface area (Å²) in [4.78, 5) is 0. The highest BCUT2D eigenvalue weighted by Crippen LogP contribution is 2.39. The lowest BCUT2D eigenvalue weighted by Gasteiger charge is -2.45. The van der Waals surface area contributed by atoms with Gasteiger partial charge in [-0.25, -0.2) is 0 Å². The standard InChI is InChI=1S/C11H22N2S/c1-11(2)4-3-10(11)13-7-9-8-14-6-5-12-9/h9-10,12-13H,3-8H2,1-2H3. The smallest absolute Gasteiger partial charge is 0.0283 e. The van der Waals surface area contributed by atoms with Gasteiger partial charge in [0.1, 0.15) is 0 Å². The second kappa shape index (κ2) is 4.42. The highest BCUT2D eigenvalue weighted by Gasteiger charge is 2.38. The molecular formula is C11H22N2S. The maximum atomic E-state index is 3.70. The van der Waals surface area contributed by atoms with Gasteiger partial charge in [0.15, 0.2) is 0 Å². The molecule has 2 unspecified atom stereocenters. The molecule has 1 saturated carbocycles. The molecule has 0 bridgehead atoms. The Balaban J connectivity index is 1.66. The van der Waals surface area contributed by atoms with Crippen molar-refractivity contribution in [1.29, 1.82) is 0 Å². The monoisotopic (exact) mass is 214 g/mol. The molecule has 1 aliphatic heterocycles. The Hall–Kier alpha value is 0.270. The summed E-state index contributed by atoms with van der Waals surface area (Å²) in [5, 5.41) is 7.27. The van der Waals surface area contributed by atoms with Gasteiger partial charge in [-0.3, -0.25) is 0 Å². The van der Waals surface area contributed by atoms with Crippen LogP contribution in [0.3, 0.4) is 0 Å². The van der Waals surface area contributed by atoms with Crippen molar-refractivity contribution in [2.45, 2.75) is 38.8 Å². The van der Waals surface area contributed by atoms with E-state index >= 15 is 0 Å². The number of rotatable bonds is 3. The molecule has 82 valence electrons. The Morgan fingerprint density at radius 2 is 2.36 bits per heavy atom. The number of hydrogen-bond donors (Lipinski definition) is 2. The van der Waals surface area contributed by atoms with Crippen molar-refractivity contribution in [3.8, 4) is 0 Å². The van der Waals surface area contributed by atoms with Gasteiger partial charge < -0.3 is 10.6 Å². The van der Waals surface area contributed by atoms with E-state index in [1.807, 2.05) is 0 Å². The maximum Gasteiger partial charge on any atom is 0.0283 e. The molecule has 0 aromatic heterocycles. The molecule has 0 radical (unpaired) electrons. The maximum absolute atomic E-state index is 3.70. The summed E-state index contributed by atoms with van der Waals surface area (Å²) in [7, 11) is 0. The second-order valence-electron chi connectivity index (χ2n) is 5.21. The molecule has 2 N–H and O–H groups in total. The molecule has 0 aromatic carbocycles. The van der Waals surface area contributed by atoms with E-state index in [1.54, 1.807) is 0 Å². The van der Waals surface area contributed by atoms with Crippen molar-refractivity contribution in [3.63, 3.8) is 0 Å². The van der Waals surface area contributed by atoms with Crippen LogP contribution in [0.15, 0.2) is 0 Å². The van der Waals surface area contributed by atoms with Gasteiger partial charge in [-0.1, -0.05) is 13.8 Å². The van der Waals surface area contributed by atoms with Gasteiger partial charge in [-0.15, -0.1) is 0 Å². The van der Waals surface area contributed by atoms with Crippen LogP contribution < -0.4 is 10.6 Å². The van der Waals surface area contributed by atoms with Crippen LogP contribution in [-0.4, -0.2) is 36.7 Å². The van der Waals surface area contributed by atoms with E-state index in [2.05, 4.69) is 36.2 Å². The Kier molecular flexibility index (Phi) is 3.40. The van der Waals surface area contributed by atoms with E-state index < -0.39 is 0 Å². The number of nitrogens with one attached hydrogen (secondary N) is 2. The first-order valence-electron chi connectivity index (χ1n) is 5.73. The van der Waals surface area contributed by atoms with Crippen LogP contribution in [-0.2, 0) is 0 Å². The fraction of sp³-hybridized carbons (Fsp3) is 1.00. The molecule has 0 spiro atoms. The number of thioether (sulfide) groups is 1. The van der Waals surface area contributed by atoms with E-state index in [0.29, 0.717) is 11.5 Å². The Morgan fingerprint density at radius 3 is 2.86 bits per heavy atom. The summed E-state index contributed by atoms with van der Waals surface area (Å²) in [5.74, 6) is 2.56. The zero-order chi connectivity index (χ0) is 10.0. The van der Waals surface area contributed by atoms with Gasteiger partial charge >= 0.3 is 0 Å². The normalized spacial score (nSPS) is 36.4. The zero-order valence-electron chi connectivity index (χ0n) is 9.31. The predicted octanol–water partition coefficient (Wildman–Crippen LogP) is 1.47. The second-order valence-corrected chi connectivity index (χ2v) is 6.36. The van der Waals surface area contributed by atoms with Crippen LogP contribution in [0.2, 0.25) is 0 Å². The fourth-order valence-corrected chi connectivity index (χ4v) is 3.23. The molecule has 2 nitrogen and oxygen atoms in total. The molecule has 0 amide bonds. The third-order valence-electron chi connectivity index (χ3n) is 3.63. The summed E-state index contributed by atoms with van der Waals surface area (Å²) in [6.07, 6.45) is 2.75. The van der Waals surface area contributed by atoms with Crippen LogP contribution in [0, 0.1) is 5.41 Å². The van der Waals surface area contributed by atoms with Gasteiger partial charge in [0.05, 0.1) is 0 Å². The molecular weight excluding hydrogens is 192 g/mol. The summed E-state index contributed by atoms with van der Waals surface area (Å²) < 4.78 is 0. The summed E-state index contributed by atoms with van der Waals surface area (Å²) in [6, 6.07) is 1.46. The third kappa shape index (κ3) is 2.44. The molecule has 2 atom stereocenters. The van der Waals surface area contributed by atoms with Crippen LogP contribution >= 0.6 is 11.8 Å². The molecule has 1 heterocycles. The van der Waals surface area contributed by atoms with Crippen molar-refractivity contribution < 1.29 is 0 Å². The minimum absolute atomic E-state index is 0.543. The number of hydrogen-bond acceptors (Lipinski definition) is 3. The van der Waals surface area contributed by atoms with Gasteiger partial charge in [-0.2, -0.15) is 11.8 Å². The molecule has 14 heavy (non-hydrogen) atoms. The average Bonchev–Trinajstić information content (AvgIpc) is 2.18. The zero-order valence-corrected chi connectivity index (χ0v) is 10.1. The first-order chi connectivity index (χ1) is 6.68. The van der Waals surface area contributed by atoms with Crippen molar-refractivity contribution in [1.82, 2.24) is 10.6 Å². The SMILES string of the molecule is CC1(C)CCC1NCC1CSCCN1. The average molecular weight is 214 g/mol. The van der Waals surface area contributed by atoms with Crippen molar-refractivity contribution in [3.05, 3.63) is 0 Å². The Labute approximate surface area is 91.6 Å². The van der Waals surface area contributed by atoms with Crippen LogP contribution in [0.4, 0.5) is 0 Å². The lowest BCUT2D eigenvalue weighted by Crippen LogP contribution is -2.54. The van der Waals surface area contributed by atoms with Gasteiger partial charge in [0.25, 0.3) is 0 Å². The highest BCUT2D eigenvalue weighted by atomic mass is 32.2. The Bertz CT molecular complexity index is 188. The Morgan fingerprint density at radius 1 is 1.50 bits per heavy atom. The van der Waals surface area contributed by atoms with E-state index in [9.17, 15) is 0 Å². The van der Waals surface area contributed by atoms with E-state index in [4.69, 9.17) is 0 Å². The predicted molar refractivity (Wildman–Crippen MR) is 63.9 cm³/mol. The summed E-state index contributed by atoms with van der Waals surface area (Å²) in [5.41, 5.74) is 0.543. The molecule has 1 aliphatic carbocycles. The molecule has 2 rings (SSSR count). The van der Waals surface area contributed by atoms with Gasteiger partial charge in [0, 0.05) is 36.7 Å². The minimum Gasteiger partial charge on any atom is -0.312 e. The minimum atomic E-state index is 0.543. The van der Waals surface area contributed by atoms with Gasteiger partial charge in [0.2, 0.25) is 0 Å². The van der Waals surface area contributed by atoms with Crippen LogP contribution in [0.1, 0.15) is 26.7 Å². The van der Waals surface area contributed by atoms with E-state index in [1.165, 1.54) is 30.9 Å². The van der Waals surface area contributed by atoms with E-state index in [-0.39, 0.29) is 0 Å². The van der Waals surface area contributed by atoms with E-state index in [0.717, 1.165) is 12.6 Å². The summed E-state index contributed by atoms with van der Waals surface area (Å²) in [6.45, 7) is 7.08. The van der Waals surface area contributed by atoms with Crippen molar-refractivity contribution in [2.24, 2.45) is 5.41 Å². The lowest BCUT2D eigenvalue weighted by molar-refractivity contribution is 0.107. The first-order valence-corrected chi connectivity index (χ1v) is 6.88. The largest absolute Gasteiger partial charge is 0.312 e. The van der Waals surface area contributed by atoms with Gasteiger partial charge in [-0.05, 0) is 18.3 Å². The molecule has 1 saturated heterocycles. The quantitative estimate of drug-likeness (QED) is 0.744. The topological polar surface area (TPSA) is 24.1 Å². The first kappa shape index (κ1) is 10.8. The van der Waals surface area contributed by atoms with Crippen molar-refractivity contribution >= 4 is 11.8 Å². The molecule has 0 aromatic rings. The summed E-state index contributed by atoms with van der Waals surface area (Å²) >= 11 is 2.08. The lowest BCUT2D eigenvalue weighted by atomic mass is 9.67. The molecule has 2 aliphatic rings. The van der Waals surface area contributed by atoms with Crippen LogP contribution in [0.25, 0.3) is 0 Å². The molecule has 2 fully saturated rings. The third-order valence-corrected chi connectivity index (χ3v) is 4.76. The molecule has 3 heteroatoms. The fourth-order valence-electron chi connectivity index (χ4n) is 2.28. The highest BCUT2D eigenvalue weighted by molar-refractivity contribution is 7.99.